The number of nitrogens with zero attached hydrogens (tertiary/aromatic N) is 1. The molecule has 1 atom stereocenters. The van der Waals surface area contributed by atoms with E-state index in [2.05, 4.69) is 10.3 Å². The van der Waals surface area contributed by atoms with Crippen LogP contribution in [0.5, 0.6) is 0 Å². The van der Waals surface area contributed by atoms with Crippen molar-refractivity contribution < 1.29 is 4.39 Å². The summed E-state index contributed by atoms with van der Waals surface area (Å²) in [6, 6.07) is 4.96. The third kappa shape index (κ3) is 3.56. The highest BCUT2D eigenvalue weighted by Gasteiger charge is 2.14. The normalized spacial score (nSPS) is 13.1. The lowest BCUT2D eigenvalue weighted by Crippen LogP contribution is -2.31. The zero-order chi connectivity index (χ0) is 12.1. The van der Waals surface area contributed by atoms with Gasteiger partial charge in [-0.05, 0) is 40.1 Å². The SMILES string of the molecule is Cc1ccc(F)c(C(CCN(C)C)NN)c1. The molecule has 1 aromatic carbocycles. The van der Waals surface area contributed by atoms with E-state index in [-0.39, 0.29) is 11.9 Å². The van der Waals surface area contributed by atoms with Crippen LogP contribution in [-0.4, -0.2) is 25.5 Å². The number of benzene rings is 1. The maximum Gasteiger partial charge on any atom is 0.128 e. The molecule has 0 fully saturated rings. The Balaban J connectivity index is 2.81. The molecule has 3 nitrogen and oxygen atoms in total. The van der Waals surface area contributed by atoms with Gasteiger partial charge in [0.1, 0.15) is 5.82 Å². The zero-order valence-corrected chi connectivity index (χ0v) is 10.1. The van der Waals surface area contributed by atoms with E-state index in [1.54, 1.807) is 6.07 Å². The van der Waals surface area contributed by atoms with Crippen LogP contribution < -0.4 is 11.3 Å². The topological polar surface area (TPSA) is 41.3 Å². The van der Waals surface area contributed by atoms with E-state index in [0.29, 0.717) is 5.56 Å². The molecule has 0 radical (unpaired) electrons. The first kappa shape index (κ1) is 13.1. The van der Waals surface area contributed by atoms with Gasteiger partial charge in [0.15, 0.2) is 0 Å². The van der Waals surface area contributed by atoms with Gasteiger partial charge in [-0.3, -0.25) is 11.3 Å². The maximum absolute atomic E-state index is 13.6. The average Bonchev–Trinajstić information content (AvgIpc) is 2.23. The fourth-order valence-corrected chi connectivity index (χ4v) is 1.65. The van der Waals surface area contributed by atoms with Crippen LogP contribution in [-0.2, 0) is 0 Å². The summed E-state index contributed by atoms with van der Waals surface area (Å²) < 4.78 is 13.6. The molecule has 0 aliphatic rings. The highest BCUT2D eigenvalue weighted by Crippen LogP contribution is 2.20. The zero-order valence-electron chi connectivity index (χ0n) is 10.1. The molecule has 0 amide bonds. The Hall–Kier alpha value is -0.970. The quantitative estimate of drug-likeness (QED) is 0.590. The average molecular weight is 225 g/mol. The molecule has 0 heterocycles. The fraction of sp³-hybridized carbons (Fsp3) is 0.500. The summed E-state index contributed by atoms with van der Waals surface area (Å²) in [7, 11) is 3.97. The molecule has 1 aromatic rings. The largest absolute Gasteiger partial charge is 0.309 e. The van der Waals surface area contributed by atoms with Gasteiger partial charge in [-0.15, -0.1) is 0 Å². The van der Waals surface area contributed by atoms with E-state index in [0.717, 1.165) is 18.5 Å². The molecular weight excluding hydrogens is 205 g/mol. The number of hydrazine groups is 1. The predicted octanol–water partition coefficient (Wildman–Crippen LogP) is 1.59. The van der Waals surface area contributed by atoms with Gasteiger partial charge in [0.2, 0.25) is 0 Å². The Kier molecular flexibility index (Phi) is 4.86. The van der Waals surface area contributed by atoms with Crippen LogP contribution in [0.1, 0.15) is 23.6 Å². The molecule has 0 bridgehead atoms. The molecular formula is C12H20FN3. The minimum atomic E-state index is -0.202. The molecule has 1 rings (SSSR count). The van der Waals surface area contributed by atoms with Crippen molar-refractivity contribution in [3.05, 3.63) is 35.1 Å². The summed E-state index contributed by atoms with van der Waals surface area (Å²) >= 11 is 0. The molecule has 0 saturated carbocycles. The molecule has 0 aromatic heterocycles. The first-order chi connectivity index (χ1) is 7.54. The molecule has 16 heavy (non-hydrogen) atoms. The van der Waals surface area contributed by atoms with Crippen LogP contribution in [0.3, 0.4) is 0 Å². The van der Waals surface area contributed by atoms with Gasteiger partial charge in [-0.1, -0.05) is 17.7 Å². The highest BCUT2D eigenvalue weighted by molar-refractivity contribution is 5.26. The number of rotatable bonds is 5. The van der Waals surface area contributed by atoms with E-state index >= 15 is 0 Å². The third-order valence-electron chi connectivity index (χ3n) is 2.59. The maximum atomic E-state index is 13.6. The summed E-state index contributed by atoms with van der Waals surface area (Å²) in [5, 5.41) is 0. The lowest BCUT2D eigenvalue weighted by molar-refractivity contribution is 0.358. The summed E-state index contributed by atoms with van der Waals surface area (Å²) in [6.07, 6.45) is 0.782. The number of nitrogens with one attached hydrogen (secondary N) is 1. The van der Waals surface area contributed by atoms with Crippen LogP contribution in [0.15, 0.2) is 18.2 Å². The van der Waals surface area contributed by atoms with Crippen molar-refractivity contribution in [2.24, 2.45) is 5.84 Å². The molecule has 3 N–H and O–H groups in total. The van der Waals surface area contributed by atoms with Crippen LogP contribution in [0, 0.1) is 12.7 Å². The summed E-state index contributed by atoms with van der Waals surface area (Å²) in [4.78, 5) is 2.05. The predicted molar refractivity (Wildman–Crippen MR) is 64.4 cm³/mol. The van der Waals surface area contributed by atoms with Crippen molar-refractivity contribution in [1.82, 2.24) is 10.3 Å². The second-order valence-electron chi connectivity index (χ2n) is 4.34. The van der Waals surface area contributed by atoms with E-state index in [9.17, 15) is 4.39 Å². The fourth-order valence-electron chi connectivity index (χ4n) is 1.65. The second-order valence-corrected chi connectivity index (χ2v) is 4.34. The van der Waals surface area contributed by atoms with Gasteiger partial charge >= 0.3 is 0 Å². The molecule has 0 saturated heterocycles. The number of halogens is 1. The first-order valence-electron chi connectivity index (χ1n) is 5.41. The number of hydrogen-bond acceptors (Lipinski definition) is 3. The van der Waals surface area contributed by atoms with Crippen molar-refractivity contribution in [3.63, 3.8) is 0 Å². The van der Waals surface area contributed by atoms with Crippen molar-refractivity contribution >= 4 is 0 Å². The highest BCUT2D eigenvalue weighted by atomic mass is 19.1. The first-order valence-corrected chi connectivity index (χ1v) is 5.41. The van der Waals surface area contributed by atoms with Crippen LogP contribution in [0.25, 0.3) is 0 Å². The number of nitrogens with two attached hydrogens (primary N) is 1. The van der Waals surface area contributed by atoms with Gasteiger partial charge in [-0.2, -0.15) is 0 Å². The summed E-state index contributed by atoms with van der Waals surface area (Å²) in [6.45, 7) is 2.81. The lowest BCUT2D eigenvalue weighted by Gasteiger charge is -2.19. The van der Waals surface area contributed by atoms with Gasteiger partial charge in [0.05, 0.1) is 6.04 Å². The van der Waals surface area contributed by atoms with Crippen molar-refractivity contribution in [3.8, 4) is 0 Å². The van der Waals surface area contributed by atoms with Crippen molar-refractivity contribution in [1.29, 1.82) is 0 Å². The molecule has 0 aliphatic carbocycles. The Morgan fingerprint density at radius 3 is 2.69 bits per heavy atom. The third-order valence-corrected chi connectivity index (χ3v) is 2.59. The monoisotopic (exact) mass is 225 g/mol. The second kappa shape index (κ2) is 5.94. The molecule has 0 spiro atoms. The molecule has 4 heteroatoms. The lowest BCUT2D eigenvalue weighted by atomic mass is 10.0. The van der Waals surface area contributed by atoms with Gasteiger partial charge in [0, 0.05) is 5.56 Å². The van der Waals surface area contributed by atoms with E-state index in [1.807, 2.05) is 27.1 Å². The van der Waals surface area contributed by atoms with Crippen LogP contribution in [0.4, 0.5) is 4.39 Å². The molecule has 90 valence electrons. The molecule has 1 unspecified atom stereocenters. The van der Waals surface area contributed by atoms with Crippen LogP contribution in [0.2, 0.25) is 0 Å². The Morgan fingerprint density at radius 2 is 2.12 bits per heavy atom. The van der Waals surface area contributed by atoms with Crippen LogP contribution >= 0.6 is 0 Å². The van der Waals surface area contributed by atoms with Crippen molar-refractivity contribution in [2.75, 3.05) is 20.6 Å². The summed E-state index contributed by atoms with van der Waals surface area (Å²) in [5.74, 6) is 5.27. The standard InChI is InChI=1S/C12H20FN3/c1-9-4-5-11(13)10(8-9)12(15-14)6-7-16(2)3/h4-5,8,12,15H,6-7,14H2,1-3H3. The van der Waals surface area contributed by atoms with Gasteiger partial charge in [0.25, 0.3) is 0 Å². The Morgan fingerprint density at radius 1 is 1.44 bits per heavy atom. The molecule has 0 aliphatic heterocycles. The Bertz CT molecular complexity index is 339. The van der Waals surface area contributed by atoms with E-state index < -0.39 is 0 Å². The van der Waals surface area contributed by atoms with E-state index in [4.69, 9.17) is 5.84 Å². The number of hydrogen-bond donors (Lipinski definition) is 2. The van der Waals surface area contributed by atoms with Gasteiger partial charge in [-0.25, -0.2) is 4.39 Å². The number of aryl methyl sites for hydroxylation is 1. The van der Waals surface area contributed by atoms with Gasteiger partial charge < -0.3 is 4.90 Å². The minimum absolute atomic E-state index is 0.137. The van der Waals surface area contributed by atoms with Crippen molar-refractivity contribution in [2.45, 2.75) is 19.4 Å². The minimum Gasteiger partial charge on any atom is -0.309 e. The smallest absolute Gasteiger partial charge is 0.128 e. The summed E-state index contributed by atoms with van der Waals surface area (Å²) in [5.41, 5.74) is 4.36. The Labute approximate surface area is 96.4 Å². The van der Waals surface area contributed by atoms with E-state index in [1.165, 1.54) is 6.07 Å².